The second-order valence-corrected chi connectivity index (χ2v) is 4.63. The summed E-state index contributed by atoms with van der Waals surface area (Å²) in [6.07, 6.45) is 3.02. The quantitative estimate of drug-likeness (QED) is 0.780. The van der Waals surface area contributed by atoms with Gasteiger partial charge in [0.15, 0.2) is 0 Å². The molecule has 0 spiro atoms. The molecule has 1 aromatic carbocycles. The molecule has 0 amide bonds. The molecule has 2 nitrogen and oxygen atoms in total. The topological polar surface area (TPSA) is 29.3 Å². The van der Waals surface area contributed by atoms with Crippen LogP contribution in [0.5, 0.6) is 0 Å². The van der Waals surface area contributed by atoms with Gasteiger partial charge in [0, 0.05) is 25.7 Å². The van der Waals surface area contributed by atoms with Gasteiger partial charge in [-0.2, -0.15) is 0 Å². The van der Waals surface area contributed by atoms with Crippen molar-refractivity contribution in [1.82, 2.24) is 4.90 Å². The Morgan fingerprint density at radius 2 is 2.06 bits per heavy atom. The molecule has 2 atom stereocenters. The molecule has 1 aliphatic heterocycles. The molecule has 16 heavy (non-hydrogen) atoms. The molecule has 1 saturated heterocycles. The number of allylic oxidation sites excluding steroid dienone is 1. The average molecular weight is 216 g/mol. The summed E-state index contributed by atoms with van der Waals surface area (Å²) in [5.74, 6) is 0.584. The summed E-state index contributed by atoms with van der Waals surface area (Å²) < 4.78 is 0. The maximum absolute atomic E-state index is 6.12. The fourth-order valence-corrected chi connectivity index (χ4v) is 2.42. The van der Waals surface area contributed by atoms with Gasteiger partial charge in [-0.1, -0.05) is 36.4 Å². The predicted octanol–water partition coefficient (Wildman–Crippen LogP) is 2.02. The van der Waals surface area contributed by atoms with Crippen molar-refractivity contribution in [2.24, 2.45) is 11.7 Å². The van der Waals surface area contributed by atoms with Crippen LogP contribution in [0.1, 0.15) is 12.0 Å². The fourth-order valence-electron chi connectivity index (χ4n) is 2.42. The van der Waals surface area contributed by atoms with E-state index in [1.54, 1.807) is 0 Å². The smallest absolute Gasteiger partial charge is 0.0234 e. The van der Waals surface area contributed by atoms with Crippen LogP contribution >= 0.6 is 0 Å². The highest BCUT2D eigenvalue weighted by Gasteiger charge is 2.28. The van der Waals surface area contributed by atoms with Gasteiger partial charge in [0.2, 0.25) is 0 Å². The molecule has 2 N–H and O–H groups in total. The van der Waals surface area contributed by atoms with Crippen molar-refractivity contribution in [2.75, 3.05) is 13.1 Å². The van der Waals surface area contributed by atoms with E-state index in [9.17, 15) is 0 Å². The van der Waals surface area contributed by atoms with E-state index in [4.69, 9.17) is 5.73 Å². The number of nitrogens with zero attached hydrogens (tertiary/aromatic N) is 1. The molecule has 2 rings (SSSR count). The molecule has 1 aromatic rings. The average Bonchev–Trinajstić information content (AvgIpc) is 2.61. The summed E-state index contributed by atoms with van der Waals surface area (Å²) in [7, 11) is 0. The van der Waals surface area contributed by atoms with Crippen molar-refractivity contribution in [1.29, 1.82) is 0 Å². The van der Waals surface area contributed by atoms with E-state index >= 15 is 0 Å². The standard InChI is InChI=1S/C14H20N2/c1-2-6-13-10-16(11-14(13)15)9-12-7-4-3-5-8-12/h2-5,7-8,13-14H,1,6,9-11,15H2/t13-,14-/m1/s1. The lowest BCUT2D eigenvalue weighted by Gasteiger charge is -2.15. The first-order chi connectivity index (χ1) is 7.79. The molecule has 2 heteroatoms. The Hall–Kier alpha value is -1.12. The Morgan fingerprint density at radius 1 is 1.31 bits per heavy atom. The van der Waals surface area contributed by atoms with Gasteiger partial charge in [-0.3, -0.25) is 4.90 Å². The van der Waals surface area contributed by atoms with Gasteiger partial charge in [-0.25, -0.2) is 0 Å². The van der Waals surface area contributed by atoms with E-state index in [-0.39, 0.29) is 0 Å². The minimum Gasteiger partial charge on any atom is -0.326 e. The van der Waals surface area contributed by atoms with Crippen LogP contribution in [0.3, 0.4) is 0 Å². The molecule has 0 radical (unpaired) electrons. The third-order valence-electron chi connectivity index (χ3n) is 3.29. The Kier molecular flexibility index (Phi) is 3.75. The second kappa shape index (κ2) is 5.28. The number of rotatable bonds is 4. The summed E-state index contributed by atoms with van der Waals surface area (Å²) in [6.45, 7) is 6.92. The largest absolute Gasteiger partial charge is 0.326 e. The van der Waals surface area contributed by atoms with Gasteiger partial charge < -0.3 is 5.73 Å². The first kappa shape index (κ1) is 11.4. The van der Waals surface area contributed by atoms with Crippen molar-refractivity contribution in [3.8, 4) is 0 Å². The lowest BCUT2D eigenvalue weighted by molar-refractivity contribution is 0.316. The zero-order valence-corrected chi connectivity index (χ0v) is 9.68. The molecule has 1 fully saturated rings. The van der Waals surface area contributed by atoms with Gasteiger partial charge >= 0.3 is 0 Å². The normalized spacial score (nSPS) is 25.8. The predicted molar refractivity (Wildman–Crippen MR) is 68.0 cm³/mol. The minimum absolute atomic E-state index is 0.307. The van der Waals surface area contributed by atoms with Crippen LogP contribution in [0, 0.1) is 5.92 Å². The van der Waals surface area contributed by atoms with Crippen LogP contribution in [0.25, 0.3) is 0 Å². The maximum atomic E-state index is 6.12. The molecule has 86 valence electrons. The monoisotopic (exact) mass is 216 g/mol. The molecule has 0 bridgehead atoms. The van der Waals surface area contributed by atoms with Crippen LogP contribution < -0.4 is 5.73 Å². The molecule has 0 aromatic heterocycles. The summed E-state index contributed by atoms with van der Waals surface area (Å²) >= 11 is 0. The molecule has 1 heterocycles. The number of hydrogen-bond acceptors (Lipinski definition) is 2. The Bertz CT molecular complexity index is 334. The zero-order chi connectivity index (χ0) is 11.4. The van der Waals surface area contributed by atoms with E-state index in [0.29, 0.717) is 12.0 Å². The fraction of sp³-hybridized carbons (Fsp3) is 0.429. The zero-order valence-electron chi connectivity index (χ0n) is 9.68. The van der Waals surface area contributed by atoms with Gasteiger partial charge in [-0.05, 0) is 17.9 Å². The first-order valence-electron chi connectivity index (χ1n) is 5.92. The van der Waals surface area contributed by atoms with Gasteiger partial charge in [0.05, 0.1) is 0 Å². The number of nitrogens with two attached hydrogens (primary N) is 1. The highest BCUT2D eigenvalue weighted by atomic mass is 15.2. The van der Waals surface area contributed by atoms with Crippen LogP contribution in [-0.2, 0) is 6.54 Å². The van der Waals surface area contributed by atoms with Crippen LogP contribution in [-0.4, -0.2) is 24.0 Å². The molecule has 0 unspecified atom stereocenters. The van der Waals surface area contributed by atoms with E-state index < -0.39 is 0 Å². The summed E-state index contributed by atoms with van der Waals surface area (Å²) in [4.78, 5) is 2.44. The SMILES string of the molecule is C=CC[C@@H]1CN(Cc2ccccc2)C[C@H]1N. The third kappa shape index (κ3) is 2.71. The molecule has 1 aliphatic rings. The maximum Gasteiger partial charge on any atom is 0.0234 e. The van der Waals surface area contributed by atoms with Crippen molar-refractivity contribution in [3.63, 3.8) is 0 Å². The van der Waals surface area contributed by atoms with E-state index in [1.165, 1.54) is 5.56 Å². The lowest BCUT2D eigenvalue weighted by Crippen LogP contribution is -2.29. The Balaban J connectivity index is 1.91. The summed E-state index contributed by atoms with van der Waals surface area (Å²) in [5.41, 5.74) is 7.49. The first-order valence-corrected chi connectivity index (χ1v) is 5.92. The number of likely N-dealkylation sites (tertiary alicyclic amines) is 1. The third-order valence-corrected chi connectivity index (χ3v) is 3.29. The van der Waals surface area contributed by atoms with Gasteiger partial charge in [-0.15, -0.1) is 6.58 Å². The van der Waals surface area contributed by atoms with Crippen molar-refractivity contribution >= 4 is 0 Å². The Morgan fingerprint density at radius 3 is 2.75 bits per heavy atom. The summed E-state index contributed by atoms with van der Waals surface area (Å²) in [6, 6.07) is 10.9. The van der Waals surface area contributed by atoms with Crippen LogP contribution in [0.15, 0.2) is 43.0 Å². The van der Waals surface area contributed by atoms with E-state index in [0.717, 1.165) is 26.1 Å². The van der Waals surface area contributed by atoms with E-state index in [2.05, 4.69) is 41.8 Å². The highest BCUT2D eigenvalue weighted by molar-refractivity contribution is 5.14. The van der Waals surface area contributed by atoms with Crippen molar-refractivity contribution < 1.29 is 0 Å². The molecular weight excluding hydrogens is 196 g/mol. The Labute approximate surface area is 97.8 Å². The molecule has 0 aliphatic carbocycles. The van der Waals surface area contributed by atoms with Crippen LogP contribution in [0.4, 0.5) is 0 Å². The molecule has 0 saturated carbocycles. The van der Waals surface area contributed by atoms with Crippen LogP contribution in [0.2, 0.25) is 0 Å². The van der Waals surface area contributed by atoms with Crippen molar-refractivity contribution in [3.05, 3.63) is 48.6 Å². The minimum atomic E-state index is 0.307. The number of hydrogen-bond donors (Lipinski definition) is 1. The van der Waals surface area contributed by atoms with Crippen molar-refractivity contribution in [2.45, 2.75) is 19.0 Å². The number of benzene rings is 1. The molecular formula is C14H20N2. The summed E-state index contributed by atoms with van der Waals surface area (Å²) in [5, 5.41) is 0. The second-order valence-electron chi connectivity index (χ2n) is 4.63. The highest BCUT2D eigenvalue weighted by Crippen LogP contribution is 2.20. The van der Waals surface area contributed by atoms with Gasteiger partial charge in [0.25, 0.3) is 0 Å². The lowest BCUT2D eigenvalue weighted by atomic mass is 10.0. The van der Waals surface area contributed by atoms with Gasteiger partial charge in [0.1, 0.15) is 0 Å². The van der Waals surface area contributed by atoms with E-state index in [1.807, 2.05) is 6.08 Å².